The van der Waals surface area contributed by atoms with E-state index in [1.165, 1.54) is 0 Å². The number of amides is 2. The third-order valence-corrected chi connectivity index (χ3v) is 4.44. The van der Waals surface area contributed by atoms with E-state index in [1.807, 2.05) is 25.1 Å². The molecule has 140 valence electrons. The van der Waals surface area contributed by atoms with Gasteiger partial charge in [0.15, 0.2) is 5.75 Å². The first kappa shape index (κ1) is 17.6. The van der Waals surface area contributed by atoms with Crippen molar-refractivity contribution in [2.45, 2.75) is 6.92 Å². The van der Waals surface area contributed by atoms with Crippen LogP contribution in [-0.2, 0) is 0 Å². The highest BCUT2D eigenvalue weighted by molar-refractivity contribution is 6.10. The fourth-order valence-corrected chi connectivity index (χ4v) is 2.96. The van der Waals surface area contributed by atoms with Crippen LogP contribution >= 0.6 is 0 Å². The molecule has 0 atom stereocenters. The highest BCUT2D eigenvalue weighted by Crippen LogP contribution is 2.37. The van der Waals surface area contributed by atoms with Crippen LogP contribution in [-0.4, -0.2) is 18.9 Å². The Morgan fingerprint density at radius 1 is 1.00 bits per heavy atom. The molecular formula is C22H18N2O4. The van der Waals surface area contributed by atoms with Crippen LogP contribution in [0.15, 0.2) is 60.7 Å². The molecule has 0 fully saturated rings. The van der Waals surface area contributed by atoms with Crippen LogP contribution in [0.5, 0.6) is 17.2 Å². The van der Waals surface area contributed by atoms with Gasteiger partial charge in [-0.25, -0.2) is 0 Å². The van der Waals surface area contributed by atoms with Gasteiger partial charge in [0, 0.05) is 11.3 Å². The number of rotatable bonds is 3. The predicted octanol–water partition coefficient (Wildman–Crippen LogP) is 4.61. The normalized spacial score (nSPS) is 12.0. The Kier molecular flexibility index (Phi) is 4.45. The Morgan fingerprint density at radius 2 is 1.75 bits per heavy atom. The van der Waals surface area contributed by atoms with Crippen LogP contribution in [0, 0.1) is 6.92 Å². The van der Waals surface area contributed by atoms with Gasteiger partial charge in [0.1, 0.15) is 11.5 Å². The molecule has 0 spiro atoms. The molecule has 4 rings (SSSR count). The van der Waals surface area contributed by atoms with Crippen molar-refractivity contribution in [3.8, 4) is 17.2 Å². The fourth-order valence-electron chi connectivity index (χ4n) is 2.96. The molecule has 0 saturated carbocycles. The number of carbonyl (C=O) groups excluding carboxylic acids is 2. The molecule has 0 saturated heterocycles. The largest absolute Gasteiger partial charge is 0.497 e. The average molecular weight is 374 g/mol. The Morgan fingerprint density at radius 3 is 2.50 bits per heavy atom. The van der Waals surface area contributed by atoms with E-state index in [-0.39, 0.29) is 11.8 Å². The van der Waals surface area contributed by atoms with Crippen molar-refractivity contribution in [2.75, 3.05) is 17.7 Å². The topological polar surface area (TPSA) is 76.7 Å². The zero-order valence-electron chi connectivity index (χ0n) is 15.4. The van der Waals surface area contributed by atoms with Gasteiger partial charge in [0.05, 0.1) is 18.4 Å². The summed E-state index contributed by atoms with van der Waals surface area (Å²) < 4.78 is 11.0. The summed E-state index contributed by atoms with van der Waals surface area (Å²) in [6.45, 7) is 1.94. The second kappa shape index (κ2) is 7.08. The molecule has 0 bridgehead atoms. The van der Waals surface area contributed by atoms with Gasteiger partial charge in [0.2, 0.25) is 0 Å². The van der Waals surface area contributed by atoms with Gasteiger partial charge in [-0.15, -0.1) is 0 Å². The second-order valence-corrected chi connectivity index (χ2v) is 6.45. The lowest BCUT2D eigenvalue weighted by Crippen LogP contribution is -2.14. The first-order valence-corrected chi connectivity index (χ1v) is 8.73. The smallest absolute Gasteiger partial charge is 0.259 e. The minimum Gasteiger partial charge on any atom is -0.497 e. The summed E-state index contributed by atoms with van der Waals surface area (Å²) in [5.41, 5.74) is 2.97. The highest BCUT2D eigenvalue weighted by Gasteiger charge is 2.21. The van der Waals surface area contributed by atoms with Crippen molar-refractivity contribution >= 4 is 23.2 Å². The van der Waals surface area contributed by atoms with Gasteiger partial charge in [-0.05, 0) is 67.1 Å². The number of aryl methyl sites for hydroxylation is 1. The first-order chi connectivity index (χ1) is 13.5. The molecule has 3 aromatic rings. The highest BCUT2D eigenvalue weighted by atomic mass is 16.5. The average Bonchev–Trinajstić information content (AvgIpc) is 2.83. The van der Waals surface area contributed by atoms with Crippen LogP contribution in [0.3, 0.4) is 0 Å². The van der Waals surface area contributed by atoms with Crippen LogP contribution in [0.2, 0.25) is 0 Å². The molecule has 28 heavy (non-hydrogen) atoms. The van der Waals surface area contributed by atoms with Crippen molar-refractivity contribution in [3.05, 3.63) is 77.4 Å². The third-order valence-electron chi connectivity index (χ3n) is 4.44. The standard InChI is InChI=1S/C22H18N2O4/c1-13-3-9-20-18(11-13)24-22(26)17-12-15(6-10-19(17)28-20)23-21(25)14-4-7-16(27-2)8-5-14/h3-12H,1-2H3,(H,23,25)(H,24,26). The number of ether oxygens (including phenoxy) is 2. The van der Waals surface area contributed by atoms with Crippen LogP contribution in [0.25, 0.3) is 0 Å². The molecule has 2 amide bonds. The maximum absolute atomic E-state index is 12.6. The van der Waals surface area contributed by atoms with Crippen molar-refractivity contribution in [1.29, 1.82) is 0 Å². The monoisotopic (exact) mass is 374 g/mol. The molecule has 1 aliphatic rings. The van der Waals surface area contributed by atoms with Gasteiger partial charge >= 0.3 is 0 Å². The van der Waals surface area contributed by atoms with Gasteiger partial charge < -0.3 is 20.1 Å². The van der Waals surface area contributed by atoms with E-state index in [4.69, 9.17) is 9.47 Å². The molecule has 0 aromatic heterocycles. The minimum absolute atomic E-state index is 0.281. The number of carbonyl (C=O) groups is 2. The second-order valence-electron chi connectivity index (χ2n) is 6.45. The number of hydrogen-bond donors (Lipinski definition) is 2. The van der Waals surface area contributed by atoms with Gasteiger partial charge in [-0.1, -0.05) is 6.07 Å². The summed E-state index contributed by atoms with van der Waals surface area (Å²) in [5.74, 6) is 1.11. The molecule has 0 unspecified atom stereocenters. The Labute approximate surface area is 162 Å². The number of fused-ring (bicyclic) bond motifs is 2. The fraction of sp³-hybridized carbons (Fsp3) is 0.0909. The van der Waals surface area contributed by atoms with Crippen molar-refractivity contribution in [3.63, 3.8) is 0 Å². The first-order valence-electron chi connectivity index (χ1n) is 8.73. The Bertz CT molecular complexity index is 1070. The summed E-state index contributed by atoms with van der Waals surface area (Å²) >= 11 is 0. The number of methoxy groups -OCH3 is 1. The molecule has 0 aliphatic carbocycles. The van der Waals surface area contributed by atoms with Gasteiger partial charge in [-0.3, -0.25) is 9.59 Å². The molecule has 2 N–H and O–H groups in total. The van der Waals surface area contributed by atoms with Gasteiger partial charge in [-0.2, -0.15) is 0 Å². The maximum Gasteiger partial charge on any atom is 0.259 e. The van der Waals surface area contributed by atoms with Crippen LogP contribution < -0.4 is 20.1 Å². The Balaban J connectivity index is 1.59. The molecule has 0 radical (unpaired) electrons. The third kappa shape index (κ3) is 3.40. The number of anilines is 2. The van der Waals surface area contributed by atoms with Crippen LogP contribution in [0.1, 0.15) is 26.3 Å². The van der Waals surface area contributed by atoms with Crippen molar-refractivity contribution in [1.82, 2.24) is 0 Å². The summed E-state index contributed by atoms with van der Waals surface area (Å²) in [7, 11) is 1.57. The molecule has 1 heterocycles. The maximum atomic E-state index is 12.6. The van der Waals surface area contributed by atoms with E-state index < -0.39 is 0 Å². The summed E-state index contributed by atoms with van der Waals surface area (Å²) in [5, 5.41) is 5.66. The van der Waals surface area contributed by atoms with Crippen LogP contribution in [0.4, 0.5) is 11.4 Å². The lowest BCUT2D eigenvalue weighted by molar-refractivity contribution is 0.101. The van der Waals surface area contributed by atoms with E-state index in [0.717, 1.165) is 5.56 Å². The lowest BCUT2D eigenvalue weighted by Gasteiger charge is -2.10. The number of hydrogen-bond acceptors (Lipinski definition) is 4. The molecule has 6 nitrogen and oxygen atoms in total. The zero-order valence-corrected chi connectivity index (χ0v) is 15.4. The quantitative estimate of drug-likeness (QED) is 0.702. The zero-order chi connectivity index (χ0) is 19.7. The summed E-state index contributed by atoms with van der Waals surface area (Å²) in [6, 6.07) is 17.3. The minimum atomic E-state index is -0.292. The van der Waals surface area contributed by atoms with E-state index in [1.54, 1.807) is 49.6 Å². The van der Waals surface area contributed by atoms with E-state index >= 15 is 0 Å². The summed E-state index contributed by atoms with van der Waals surface area (Å²) in [6.07, 6.45) is 0. The SMILES string of the molecule is COc1ccc(C(=O)Nc2ccc3c(c2)C(=O)Nc2cc(C)ccc2O3)cc1. The van der Waals surface area contributed by atoms with E-state index in [2.05, 4.69) is 10.6 Å². The number of nitrogens with one attached hydrogen (secondary N) is 2. The molecule has 3 aromatic carbocycles. The predicted molar refractivity (Wildman–Crippen MR) is 107 cm³/mol. The van der Waals surface area contributed by atoms with Gasteiger partial charge in [0.25, 0.3) is 11.8 Å². The molecular weight excluding hydrogens is 356 g/mol. The molecule has 1 aliphatic heterocycles. The lowest BCUT2D eigenvalue weighted by atomic mass is 10.1. The van der Waals surface area contributed by atoms with Crippen molar-refractivity contribution < 1.29 is 19.1 Å². The van der Waals surface area contributed by atoms with Crippen molar-refractivity contribution in [2.24, 2.45) is 0 Å². The number of benzene rings is 3. The Hall–Kier alpha value is -3.80. The molecule has 6 heteroatoms. The van der Waals surface area contributed by atoms with E-state index in [9.17, 15) is 9.59 Å². The summed E-state index contributed by atoms with van der Waals surface area (Å²) in [4.78, 5) is 25.1. The van der Waals surface area contributed by atoms with E-state index in [0.29, 0.717) is 39.8 Å².